The Morgan fingerprint density at radius 3 is 2.67 bits per heavy atom. The number of nitrogens with two attached hydrogens (primary N) is 1. The smallest absolute Gasteiger partial charge is 0.0929 e. The van der Waals surface area contributed by atoms with Crippen molar-refractivity contribution in [3.8, 4) is 0 Å². The van der Waals surface area contributed by atoms with Gasteiger partial charge in [0.2, 0.25) is 0 Å². The number of aliphatic hydroxyl groups excluding tert-OH is 1. The summed E-state index contributed by atoms with van der Waals surface area (Å²) in [6.45, 7) is 0.223. The first-order valence-electron chi connectivity index (χ1n) is 1.60. The summed E-state index contributed by atoms with van der Waals surface area (Å²) in [7, 11) is 0. The number of hydrogen-bond donors (Lipinski definition) is 3. The number of hydrazine groups is 1. The highest BCUT2D eigenvalue weighted by Crippen LogP contribution is 1.55. The van der Waals surface area contributed by atoms with E-state index in [9.17, 15) is 0 Å². The quantitative estimate of drug-likeness (QED) is 0.222. The zero-order valence-corrected chi connectivity index (χ0v) is 3.35. The highest BCUT2D eigenvalue weighted by molar-refractivity contribution is 4.12. The minimum Gasteiger partial charge on any atom is -0.394 e. The first-order valence-corrected chi connectivity index (χ1v) is 1.60. The maximum Gasteiger partial charge on any atom is 0.0929 e. The molecule has 4 N–H and O–H groups in total. The van der Waals surface area contributed by atoms with Crippen LogP contribution >= 0.6 is 0 Å². The molecular formula is C2H8N2O2. The highest BCUT2D eigenvalue weighted by Gasteiger charge is 1.73. The molecule has 0 aliphatic carbocycles. The summed E-state index contributed by atoms with van der Waals surface area (Å²) in [5.41, 5.74) is 1.91. The van der Waals surface area contributed by atoms with E-state index in [-0.39, 0.29) is 13.2 Å². The van der Waals surface area contributed by atoms with Crippen molar-refractivity contribution < 1.29 is 9.94 Å². The minimum absolute atomic E-state index is 0.00972. The van der Waals surface area contributed by atoms with Crippen LogP contribution in [0.5, 0.6) is 0 Å². The Balaban J connectivity index is 2.34. The van der Waals surface area contributed by atoms with E-state index in [4.69, 9.17) is 5.11 Å². The predicted octanol–water partition coefficient (Wildman–Crippen LogP) is -1.63. The van der Waals surface area contributed by atoms with Crippen molar-refractivity contribution in [1.82, 2.24) is 5.59 Å². The molecule has 0 aliphatic heterocycles. The van der Waals surface area contributed by atoms with Crippen LogP contribution in [0, 0.1) is 0 Å². The lowest BCUT2D eigenvalue weighted by molar-refractivity contribution is 0.0175. The van der Waals surface area contributed by atoms with Crippen LogP contribution in [0.25, 0.3) is 0 Å². The van der Waals surface area contributed by atoms with E-state index in [1.165, 1.54) is 0 Å². The fourth-order valence-corrected chi connectivity index (χ4v) is 0.105. The molecule has 0 aromatic rings. The summed E-state index contributed by atoms with van der Waals surface area (Å²) in [6, 6.07) is 0. The number of hydrogen-bond acceptors (Lipinski definition) is 4. The van der Waals surface area contributed by atoms with E-state index in [0.717, 1.165) is 0 Å². The lowest BCUT2D eigenvalue weighted by atomic mass is 10.8. The second-order valence-electron chi connectivity index (χ2n) is 0.690. The van der Waals surface area contributed by atoms with Crippen molar-refractivity contribution in [3.63, 3.8) is 0 Å². The molecule has 0 fully saturated rings. The van der Waals surface area contributed by atoms with Crippen LogP contribution in [0.4, 0.5) is 0 Å². The van der Waals surface area contributed by atoms with Crippen molar-refractivity contribution in [1.29, 1.82) is 0 Å². The first-order chi connectivity index (χ1) is 2.91. The van der Waals surface area contributed by atoms with Crippen LogP contribution in [-0.4, -0.2) is 18.3 Å². The molecule has 4 nitrogen and oxygen atoms in total. The Labute approximate surface area is 35.8 Å². The lowest BCUT2D eigenvalue weighted by Crippen LogP contribution is -2.23. The van der Waals surface area contributed by atoms with Gasteiger partial charge in [0.25, 0.3) is 0 Å². The van der Waals surface area contributed by atoms with Gasteiger partial charge in [0.15, 0.2) is 0 Å². The Bertz CT molecular complexity index is 21.5. The summed E-state index contributed by atoms with van der Waals surface area (Å²) in [4.78, 5) is 4.26. The maximum atomic E-state index is 7.98. The SMILES string of the molecule is NNOCCO. The van der Waals surface area contributed by atoms with Crippen molar-refractivity contribution in [2.24, 2.45) is 5.84 Å². The van der Waals surface area contributed by atoms with Crippen LogP contribution in [0.2, 0.25) is 0 Å². The Kier molecular flexibility index (Phi) is 4.71. The summed E-state index contributed by atoms with van der Waals surface area (Å²) < 4.78 is 0. The molecule has 0 unspecified atom stereocenters. The van der Waals surface area contributed by atoms with Crippen LogP contribution in [0.15, 0.2) is 0 Å². The number of aliphatic hydroxyl groups is 1. The van der Waals surface area contributed by atoms with E-state index in [1.807, 2.05) is 5.59 Å². The second-order valence-corrected chi connectivity index (χ2v) is 0.690. The molecule has 0 aromatic carbocycles. The van der Waals surface area contributed by atoms with Crippen molar-refractivity contribution in [2.45, 2.75) is 0 Å². The third-order valence-electron chi connectivity index (χ3n) is 0.277. The normalized spacial score (nSPS) is 9.00. The third-order valence-corrected chi connectivity index (χ3v) is 0.277. The van der Waals surface area contributed by atoms with E-state index in [1.54, 1.807) is 0 Å². The Morgan fingerprint density at radius 1 is 1.83 bits per heavy atom. The molecule has 0 atom stereocenters. The van der Waals surface area contributed by atoms with Crippen LogP contribution in [0.3, 0.4) is 0 Å². The fourth-order valence-electron chi connectivity index (χ4n) is 0.105. The number of rotatable bonds is 3. The van der Waals surface area contributed by atoms with E-state index < -0.39 is 0 Å². The Hall–Kier alpha value is -0.160. The molecule has 0 heterocycles. The summed E-state index contributed by atoms with van der Waals surface area (Å²) in [6.07, 6.45) is 0. The molecule has 0 aromatic heterocycles. The molecular weight excluding hydrogens is 84.0 g/mol. The van der Waals surface area contributed by atoms with E-state index >= 15 is 0 Å². The average molecular weight is 92.1 g/mol. The van der Waals surface area contributed by atoms with Crippen molar-refractivity contribution in [2.75, 3.05) is 13.2 Å². The molecule has 0 rings (SSSR count). The van der Waals surface area contributed by atoms with Gasteiger partial charge in [-0.1, -0.05) is 0 Å². The van der Waals surface area contributed by atoms with Gasteiger partial charge in [0.1, 0.15) is 0 Å². The van der Waals surface area contributed by atoms with Gasteiger partial charge in [-0.3, -0.25) is 4.84 Å². The number of nitrogens with one attached hydrogen (secondary N) is 1. The van der Waals surface area contributed by atoms with Crippen LogP contribution < -0.4 is 11.4 Å². The van der Waals surface area contributed by atoms with Crippen LogP contribution in [-0.2, 0) is 4.84 Å². The monoisotopic (exact) mass is 92.1 g/mol. The maximum absolute atomic E-state index is 7.98. The van der Waals surface area contributed by atoms with Crippen LogP contribution in [0.1, 0.15) is 0 Å². The zero-order valence-electron chi connectivity index (χ0n) is 3.35. The molecule has 0 saturated carbocycles. The Morgan fingerprint density at radius 2 is 2.50 bits per heavy atom. The summed E-state index contributed by atoms with van der Waals surface area (Å²) in [5, 5.41) is 7.98. The molecule has 6 heavy (non-hydrogen) atoms. The average Bonchev–Trinajstić information content (AvgIpc) is 1.61. The molecule has 0 radical (unpaired) electrons. The molecule has 38 valence electrons. The largest absolute Gasteiger partial charge is 0.394 e. The highest BCUT2D eigenvalue weighted by atomic mass is 16.7. The second kappa shape index (κ2) is 4.84. The fraction of sp³-hybridized carbons (Fsp3) is 1.00. The molecule has 0 bridgehead atoms. The molecule has 0 spiro atoms. The molecule has 0 amide bonds. The lowest BCUT2D eigenvalue weighted by Gasteiger charge is -1.92. The molecule has 0 saturated heterocycles. The molecule has 4 heteroatoms. The van der Waals surface area contributed by atoms with E-state index in [0.29, 0.717) is 0 Å². The molecule has 0 aliphatic rings. The van der Waals surface area contributed by atoms with Gasteiger partial charge < -0.3 is 5.11 Å². The first kappa shape index (κ1) is 5.84. The van der Waals surface area contributed by atoms with Gasteiger partial charge in [-0.2, -0.15) is 0 Å². The summed E-state index contributed by atoms with van der Waals surface area (Å²) >= 11 is 0. The van der Waals surface area contributed by atoms with Gasteiger partial charge in [0.05, 0.1) is 13.2 Å². The van der Waals surface area contributed by atoms with Gasteiger partial charge in [-0.15, -0.1) is 5.59 Å². The van der Waals surface area contributed by atoms with Gasteiger partial charge in [-0.25, -0.2) is 5.84 Å². The topological polar surface area (TPSA) is 67.5 Å². The minimum atomic E-state index is -0.00972. The standard InChI is InChI=1S/C2H8N2O2/c3-4-6-2-1-5/h4-5H,1-3H2. The predicted molar refractivity (Wildman–Crippen MR) is 20.4 cm³/mol. The zero-order chi connectivity index (χ0) is 4.83. The van der Waals surface area contributed by atoms with Gasteiger partial charge >= 0.3 is 0 Å². The van der Waals surface area contributed by atoms with Crippen molar-refractivity contribution in [3.05, 3.63) is 0 Å². The van der Waals surface area contributed by atoms with Gasteiger partial charge in [-0.05, 0) is 0 Å². The third kappa shape index (κ3) is 3.84. The van der Waals surface area contributed by atoms with E-state index in [2.05, 4.69) is 10.7 Å². The van der Waals surface area contributed by atoms with Crippen molar-refractivity contribution >= 4 is 0 Å². The van der Waals surface area contributed by atoms with Gasteiger partial charge in [0, 0.05) is 0 Å². The summed E-state index contributed by atoms with van der Waals surface area (Å²) in [5.74, 6) is 4.63.